The number of likely N-dealkylation sites (tertiary alicyclic amines) is 1. The maximum absolute atomic E-state index is 11.6. The van der Waals surface area contributed by atoms with Crippen LogP contribution >= 0.6 is 0 Å². The van der Waals surface area contributed by atoms with Crippen LogP contribution in [0.5, 0.6) is 0 Å². The van der Waals surface area contributed by atoms with E-state index >= 15 is 0 Å². The molecule has 0 aliphatic carbocycles. The number of ether oxygens (including phenoxy) is 2. The van der Waals surface area contributed by atoms with Crippen LogP contribution in [0, 0.1) is 5.92 Å². The number of amides is 1. The van der Waals surface area contributed by atoms with Crippen molar-refractivity contribution in [3.63, 3.8) is 0 Å². The van der Waals surface area contributed by atoms with Crippen molar-refractivity contribution < 1.29 is 14.3 Å². The van der Waals surface area contributed by atoms with Crippen LogP contribution in [0.4, 0.5) is 0 Å². The summed E-state index contributed by atoms with van der Waals surface area (Å²) in [5.74, 6) is 0.456. The smallest absolute Gasteiger partial charge is 0.234 e. The van der Waals surface area contributed by atoms with E-state index < -0.39 is 0 Å². The molecule has 2 heterocycles. The third kappa shape index (κ3) is 3.80. The Morgan fingerprint density at radius 1 is 1.44 bits per heavy atom. The number of hydrogen-bond donors (Lipinski definition) is 1. The molecule has 2 aliphatic rings. The Morgan fingerprint density at radius 3 is 2.94 bits per heavy atom. The quantitative estimate of drug-likeness (QED) is 0.720. The van der Waals surface area contributed by atoms with Crippen LogP contribution in [0.25, 0.3) is 0 Å². The highest BCUT2D eigenvalue weighted by Crippen LogP contribution is 2.24. The number of hydrogen-bond acceptors (Lipinski definition) is 4. The van der Waals surface area contributed by atoms with Gasteiger partial charge in [-0.2, -0.15) is 0 Å². The highest BCUT2D eigenvalue weighted by atomic mass is 16.7. The first-order valence-corrected chi connectivity index (χ1v) is 6.62. The maximum atomic E-state index is 11.6. The summed E-state index contributed by atoms with van der Waals surface area (Å²) in [4.78, 5) is 13.8. The number of rotatable bonds is 5. The van der Waals surface area contributed by atoms with Crippen molar-refractivity contribution in [1.82, 2.24) is 10.2 Å². The van der Waals surface area contributed by atoms with Crippen LogP contribution < -0.4 is 5.32 Å². The van der Waals surface area contributed by atoms with Crippen molar-refractivity contribution in [3.8, 4) is 0 Å². The highest BCUT2D eigenvalue weighted by Gasteiger charge is 2.31. The SMILES string of the molecule is C=CCNC(=O)CN1CCCC(C2OCCO2)C1. The molecular weight excluding hydrogens is 232 g/mol. The van der Waals surface area contributed by atoms with E-state index in [2.05, 4.69) is 16.8 Å². The van der Waals surface area contributed by atoms with Gasteiger partial charge in [-0.3, -0.25) is 9.69 Å². The lowest BCUT2D eigenvalue weighted by Gasteiger charge is -2.34. The molecule has 0 aromatic carbocycles. The standard InChI is InChI=1S/C13H22N2O3/c1-2-5-14-12(16)10-15-6-3-4-11(9-15)13-17-7-8-18-13/h2,11,13H,1,3-10H2,(H,14,16). The normalized spacial score (nSPS) is 26.1. The number of piperidine rings is 1. The third-order valence-electron chi connectivity index (χ3n) is 3.39. The van der Waals surface area contributed by atoms with Crippen molar-refractivity contribution in [2.24, 2.45) is 5.92 Å². The molecule has 0 radical (unpaired) electrons. The summed E-state index contributed by atoms with van der Waals surface area (Å²) in [6.07, 6.45) is 3.85. The van der Waals surface area contributed by atoms with Crippen LogP contribution in [-0.4, -0.2) is 56.5 Å². The van der Waals surface area contributed by atoms with Crippen LogP contribution in [0.2, 0.25) is 0 Å². The molecule has 18 heavy (non-hydrogen) atoms. The Hall–Kier alpha value is -0.910. The first-order valence-electron chi connectivity index (χ1n) is 6.62. The molecule has 5 nitrogen and oxygen atoms in total. The number of nitrogens with one attached hydrogen (secondary N) is 1. The average Bonchev–Trinajstić information content (AvgIpc) is 2.90. The number of carbonyl (C=O) groups excluding carboxylic acids is 1. The fraction of sp³-hybridized carbons (Fsp3) is 0.769. The molecular formula is C13H22N2O3. The van der Waals surface area contributed by atoms with Crippen molar-refractivity contribution in [3.05, 3.63) is 12.7 Å². The summed E-state index contributed by atoms with van der Waals surface area (Å²) in [7, 11) is 0. The van der Waals surface area contributed by atoms with Crippen molar-refractivity contribution in [2.45, 2.75) is 19.1 Å². The van der Waals surface area contributed by atoms with Gasteiger partial charge in [-0.05, 0) is 19.4 Å². The van der Waals surface area contributed by atoms with Crippen LogP contribution in [0.3, 0.4) is 0 Å². The predicted octanol–water partition coefficient (Wildman–Crippen LogP) is 0.374. The van der Waals surface area contributed by atoms with Gasteiger partial charge in [0.15, 0.2) is 6.29 Å². The van der Waals surface area contributed by atoms with Gasteiger partial charge < -0.3 is 14.8 Å². The predicted molar refractivity (Wildman–Crippen MR) is 68.1 cm³/mol. The van der Waals surface area contributed by atoms with Gasteiger partial charge in [-0.25, -0.2) is 0 Å². The van der Waals surface area contributed by atoms with Crippen molar-refractivity contribution in [2.75, 3.05) is 39.4 Å². The second-order valence-electron chi connectivity index (χ2n) is 4.84. The minimum absolute atomic E-state index is 0.0591. The van der Waals surface area contributed by atoms with Gasteiger partial charge in [0.1, 0.15) is 0 Å². The fourth-order valence-electron chi connectivity index (χ4n) is 2.55. The Bertz CT molecular complexity index is 290. The second-order valence-corrected chi connectivity index (χ2v) is 4.84. The first-order chi connectivity index (χ1) is 8.79. The summed E-state index contributed by atoms with van der Waals surface area (Å²) in [6.45, 7) is 7.82. The van der Waals surface area contributed by atoms with Gasteiger partial charge in [0.05, 0.1) is 19.8 Å². The molecule has 102 valence electrons. The Kier molecular flexibility index (Phi) is 5.16. The van der Waals surface area contributed by atoms with Gasteiger partial charge in [0.2, 0.25) is 5.91 Å². The lowest BCUT2D eigenvalue weighted by molar-refractivity contribution is -0.125. The van der Waals surface area contributed by atoms with Crippen molar-refractivity contribution in [1.29, 1.82) is 0 Å². The largest absolute Gasteiger partial charge is 0.352 e. The van der Waals surface area contributed by atoms with E-state index in [9.17, 15) is 4.79 Å². The topological polar surface area (TPSA) is 50.8 Å². The van der Waals surface area contributed by atoms with Gasteiger partial charge in [0.25, 0.3) is 0 Å². The summed E-state index contributed by atoms with van der Waals surface area (Å²) in [5, 5.41) is 2.80. The van der Waals surface area contributed by atoms with E-state index in [-0.39, 0.29) is 12.2 Å². The summed E-state index contributed by atoms with van der Waals surface area (Å²) in [5.41, 5.74) is 0. The van der Waals surface area contributed by atoms with Crippen molar-refractivity contribution >= 4 is 5.91 Å². The van der Waals surface area contributed by atoms with E-state index in [1.54, 1.807) is 6.08 Å². The van der Waals surface area contributed by atoms with Crippen LogP contribution in [0.1, 0.15) is 12.8 Å². The molecule has 0 saturated carbocycles. The molecule has 0 aromatic heterocycles. The molecule has 0 bridgehead atoms. The lowest BCUT2D eigenvalue weighted by Crippen LogP contribution is -2.45. The molecule has 0 aromatic rings. The zero-order valence-electron chi connectivity index (χ0n) is 10.8. The Labute approximate surface area is 108 Å². The molecule has 5 heteroatoms. The van der Waals surface area contributed by atoms with E-state index in [0.717, 1.165) is 25.9 Å². The molecule has 1 unspecified atom stereocenters. The second kappa shape index (κ2) is 6.87. The molecule has 1 N–H and O–H groups in total. The molecule has 2 fully saturated rings. The molecule has 0 spiro atoms. The average molecular weight is 254 g/mol. The third-order valence-corrected chi connectivity index (χ3v) is 3.39. The fourth-order valence-corrected chi connectivity index (χ4v) is 2.55. The van der Waals surface area contributed by atoms with E-state index in [4.69, 9.17) is 9.47 Å². The molecule has 2 saturated heterocycles. The van der Waals surface area contributed by atoms with Gasteiger partial charge in [0, 0.05) is 19.0 Å². The summed E-state index contributed by atoms with van der Waals surface area (Å²) < 4.78 is 11.1. The van der Waals surface area contributed by atoms with E-state index in [1.165, 1.54) is 0 Å². The van der Waals surface area contributed by atoms with Crippen LogP contribution in [-0.2, 0) is 14.3 Å². The minimum atomic E-state index is -0.0657. The monoisotopic (exact) mass is 254 g/mol. The van der Waals surface area contributed by atoms with Crippen LogP contribution in [0.15, 0.2) is 12.7 Å². The Balaban J connectivity index is 1.75. The number of nitrogens with zero attached hydrogens (tertiary/aromatic N) is 1. The van der Waals surface area contributed by atoms with Gasteiger partial charge >= 0.3 is 0 Å². The number of carbonyl (C=O) groups is 1. The zero-order valence-corrected chi connectivity index (χ0v) is 10.8. The van der Waals surface area contributed by atoms with Gasteiger partial charge in [-0.1, -0.05) is 6.08 Å². The zero-order chi connectivity index (χ0) is 12.8. The maximum Gasteiger partial charge on any atom is 0.234 e. The first kappa shape index (κ1) is 13.5. The lowest BCUT2D eigenvalue weighted by atomic mass is 9.97. The molecule has 2 aliphatic heterocycles. The van der Waals surface area contributed by atoms with Gasteiger partial charge in [-0.15, -0.1) is 6.58 Å². The summed E-state index contributed by atoms with van der Waals surface area (Å²) in [6, 6.07) is 0. The Morgan fingerprint density at radius 2 is 2.22 bits per heavy atom. The van der Waals surface area contributed by atoms with E-state index in [1.807, 2.05) is 0 Å². The highest BCUT2D eigenvalue weighted by molar-refractivity contribution is 5.78. The molecule has 1 atom stereocenters. The summed E-state index contributed by atoms with van der Waals surface area (Å²) >= 11 is 0. The molecule has 2 rings (SSSR count). The minimum Gasteiger partial charge on any atom is -0.352 e. The van der Waals surface area contributed by atoms with E-state index in [0.29, 0.717) is 32.2 Å². The molecule has 1 amide bonds.